The fourth-order valence-corrected chi connectivity index (χ4v) is 3.89. The normalized spacial score (nSPS) is 10.7. The van der Waals surface area contributed by atoms with Crippen molar-refractivity contribution in [3.8, 4) is 22.5 Å². The predicted octanol–water partition coefficient (Wildman–Crippen LogP) is 6.39. The fraction of sp³-hybridized carbons (Fsp3) is 0.148. The molecule has 178 valence electrons. The van der Waals surface area contributed by atoms with Crippen molar-refractivity contribution >= 4 is 29.4 Å². The first-order valence-electron chi connectivity index (χ1n) is 11.0. The molecule has 0 aliphatic heterocycles. The second kappa shape index (κ2) is 10.9. The molecule has 0 spiro atoms. The molecule has 0 aliphatic carbocycles. The molecule has 1 heterocycles. The third kappa shape index (κ3) is 6.07. The Balaban J connectivity index is 1.44. The first-order valence-corrected chi connectivity index (χ1v) is 11.3. The van der Waals surface area contributed by atoms with Gasteiger partial charge in [0, 0.05) is 17.0 Å². The number of nitrogens with zero attached hydrogens (tertiary/aromatic N) is 1. The van der Waals surface area contributed by atoms with E-state index >= 15 is 0 Å². The molecule has 0 saturated carbocycles. The van der Waals surface area contributed by atoms with E-state index in [0.29, 0.717) is 28.6 Å². The van der Waals surface area contributed by atoms with Crippen molar-refractivity contribution in [2.45, 2.75) is 19.8 Å². The lowest BCUT2D eigenvalue weighted by Crippen LogP contribution is -2.16. The lowest BCUT2D eigenvalue weighted by atomic mass is 10.00. The SMILES string of the molecule is Cc1noc(-c2ccc(-c3cccc(CC(=O)O)c3)cc2)c1NC(=O)OCCc1ccccc1Cl. The molecule has 0 saturated heterocycles. The number of halogens is 1. The molecular weight excluding hydrogens is 468 g/mol. The van der Waals surface area contributed by atoms with Gasteiger partial charge in [0.15, 0.2) is 5.76 Å². The molecule has 7 nitrogen and oxygen atoms in total. The number of aliphatic carboxylic acids is 1. The number of anilines is 1. The summed E-state index contributed by atoms with van der Waals surface area (Å²) in [4.78, 5) is 23.4. The number of nitrogens with one attached hydrogen (secondary N) is 1. The Morgan fingerprint density at radius 3 is 2.49 bits per heavy atom. The zero-order chi connectivity index (χ0) is 24.8. The van der Waals surface area contributed by atoms with Gasteiger partial charge in [-0.15, -0.1) is 0 Å². The maximum atomic E-state index is 12.4. The lowest BCUT2D eigenvalue weighted by Gasteiger charge is -2.09. The molecule has 4 aromatic rings. The van der Waals surface area contributed by atoms with Gasteiger partial charge < -0.3 is 14.4 Å². The van der Waals surface area contributed by atoms with Crippen molar-refractivity contribution in [1.82, 2.24) is 5.16 Å². The van der Waals surface area contributed by atoms with Crippen LogP contribution in [-0.4, -0.2) is 28.9 Å². The van der Waals surface area contributed by atoms with Crippen LogP contribution in [0.25, 0.3) is 22.5 Å². The number of amides is 1. The van der Waals surface area contributed by atoms with Crippen molar-refractivity contribution in [2.75, 3.05) is 11.9 Å². The van der Waals surface area contributed by atoms with Crippen LogP contribution in [0.15, 0.2) is 77.3 Å². The fourth-order valence-electron chi connectivity index (χ4n) is 3.66. The molecular formula is C27H23ClN2O5. The molecule has 0 bridgehead atoms. The molecule has 0 unspecified atom stereocenters. The van der Waals surface area contributed by atoms with Gasteiger partial charge in [-0.05, 0) is 35.2 Å². The Kier molecular flexibility index (Phi) is 7.48. The largest absolute Gasteiger partial charge is 0.481 e. The minimum Gasteiger partial charge on any atom is -0.481 e. The predicted molar refractivity (Wildman–Crippen MR) is 134 cm³/mol. The Hall–Kier alpha value is -4.10. The highest BCUT2D eigenvalue weighted by atomic mass is 35.5. The van der Waals surface area contributed by atoms with E-state index in [2.05, 4.69) is 10.5 Å². The van der Waals surface area contributed by atoms with E-state index in [0.717, 1.165) is 27.8 Å². The van der Waals surface area contributed by atoms with Gasteiger partial charge in [0.25, 0.3) is 0 Å². The van der Waals surface area contributed by atoms with Gasteiger partial charge in [0.2, 0.25) is 0 Å². The molecule has 1 aromatic heterocycles. The third-order valence-corrected chi connectivity index (χ3v) is 5.78. The van der Waals surface area contributed by atoms with Crippen LogP contribution in [0.4, 0.5) is 10.5 Å². The number of carboxylic acid groups (broad SMARTS) is 1. The highest BCUT2D eigenvalue weighted by Crippen LogP contribution is 2.32. The minimum atomic E-state index is -0.874. The second-order valence-corrected chi connectivity index (χ2v) is 8.33. The summed E-state index contributed by atoms with van der Waals surface area (Å²) < 4.78 is 10.8. The Morgan fingerprint density at radius 2 is 1.74 bits per heavy atom. The van der Waals surface area contributed by atoms with Gasteiger partial charge in [0.05, 0.1) is 13.0 Å². The van der Waals surface area contributed by atoms with E-state index in [1.54, 1.807) is 19.1 Å². The number of aromatic nitrogens is 1. The number of hydrogen-bond donors (Lipinski definition) is 2. The van der Waals surface area contributed by atoms with E-state index in [-0.39, 0.29) is 13.0 Å². The monoisotopic (exact) mass is 490 g/mol. The van der Waals surface area contributed by atoms with Crippen molar-refractivity contribution < 1.29 is 24.0 Å². The van der Waals surface area contributed by atoms with E-state index < -0.39 is 12.1 Å². The van der Waals surface area contributed by atoms with Crippen LogP contribution in [0, 0.1) is 6.92 Å². The number of ether oxygens (including phenoxy) is 1. The topological polar surface area (TPSA) is 102 Å². The number of aryl methyl sites for hydroxylation is 1. The van der Waals surface area contributed by atoms with Crippen LogP contribution in [0.5, 0.6) is 0 Å². The van der Waals surface area contributed by atoms with Crippen LogP contribution in [0.1, 0.15) is 16.8 Å². The van der Waals surface area contributed by atoms with E-state index in [9.17, 15) is 9.59 Å². The molecule has 0 fully saturated rings. The number of rotatable bonds is 8. The molecule has 4 rings (SSSR count). The van der Waals surface area contributed by atoms with E-state index in [4.69, 9.17) is 26.0 Å². The number of carboxylic acids is 1. The highest BCUT2D eigenvalue weighted by molar-refractivity contribution is 6.31. The van der Waals surface area contributed by atoms with Crippen LogP contribution in [0.2, 0.25) is 5.02 Å². The molecule has 0 radical (unpaired) electrons. The van der Waals surface area contributed by atoms with E-state index in [1.807, 2.05) is 60.7 Å². The van der Waals surface area contributed by atoms with Crippen LogP contribution in [0.3, 0.4) is 0 Å². The summed E-state index contributed by atoms with van der Waals surface area (Å²) in [6.45, 7) is 1.90. The van der Waals surface area contributed by atoms with Crippen LogP contribution >= 0.6 is 11.6 Å². The number of carbonyl (C=O) groups excluding carboxylic acids is 1. The zero-order valence-corrected chi connectivity index (χ0v) is 19.7. The zero-order valence-electron chi connectivity index (χ0n) is 19.0. The Morgan fingerprint density at radius 1 is 1.00 bits per heavy atom. The maximum absolute atomic E-state index is 12.4. The van der Waals surface area contributed by atoms with Gasteiger partial charge in [-0.3, -0.25) is 10.1 Å². The molecule has 1 amide bonds. The lowest BCUT2D eigenvalue weighted by molar-refractivity contribution is -0.136. The molecule has 2 N–H and O–H groups in total. The number of carbonyl (C=O) groups is 2. The summed E-state index contributed by atoms with van der Waals surface area (Å²) in [6.07, 6.45) is -0.152. The summed E-state index contributed by atoms with van der Waals surface area (Å²) in [5, 5.41) is 16.4. The third-order valence-electron chi connectivity index (χ3n) is 5.41. The number of benzene rings is 3. The Labute approximate surface area is 207 Å². The average Bonchev–Trinajstić information content (AvgIpc) is 3.20. The van der Waals surface area contributed by atoms with Crippen molar-refractivity contribution in [2.24, 2.45) is 0 Å². The van der Waals surface area contributed by atoms with Gasteiger partial charge in [-0.1, -0.05) is 83.5 Å². The molecule has 35 heavy (non-hydrogen) atoms. The molecule has 0 aliphatic rings. The standard InChI is InChI=1S/C27H23ClN2O5/c1-17-25(29-27(33)34-14-13-20-6-2-3-8-23(20)28)26(35-30-17)21-11-9-19(10-12-21)22-7-4-5-18(15-22)16-24(31)32/h2-12,15H,13-14,16H2,1H3,(H,29,33)(H,31,32). The van der Waals surface area contributed by atoms with Gasteiger partial charge in [-0.25, -0.2) is 4.79 Å². The molecule has 8 heteroatoms. The maximum Gasteiger partial charge on any atom is 0.411 e. The molecule has 3 aromatic carbocycles. The van der Waals surface area contributed by atoms with Crippen molar-refractivity contribution in [1.29, 1.82) is 0 Å². The summed E-state index contributed by atoms with van der Waals surface area (Å²) in [7, 11) is 0. The Bertz CT molecular complexity index is 1350. The molecule has 0 atom stereocenters. The van der Waals surface area contributed by atoms with Crippen molar-refractivity contribution in [3.05, 3.63) is 94.6 Å². The quantitative estimate of drug-likeness (QED) is 0.297. The summed E-state index contributed by atoms with van der Waals surface area (Å²) in [5.74, 6) is -0.461. The summed E-state index contributed by atoms with van der Waals surface area (Å²) in [5.41, 5.74) is 5.14. The van der Waals surface area contributed by atoms with Gasteiger partial charge >= 0.3 is 12.1 Å². The van der Waals surface area contributed by atoms with Gasteiger partial charge in [-0.2, -0.15) is 0 Å². The summed E-state index contributed by atoms with van der Waals surface area (Å²) in [6, 6.07) is 22.3. The van der Waals surface area contributed by atoms with Crippen LogP contribution in [-0.2, 0) is 22.4 Å². The number of hydrogen-bond acceptors (Lipinski definition) is 5. The first kappa shape index (κ1) is 24.0. The summed E-state index contributed by atoms with van der Waals surface area (Å²) >= 11 is 6.14. The average molecular weight is 491 g/mol. The van der Waals surface area contributed by atoms with Gasteiger partial charge in [0.1, 0.15) is 11.4 Å². The first-order chi connectivity index (χ1) is 16.9. The minimum absolute atomic E-state index is 0.0349. The smallest absolute Gasteiger partial charge is 0.411 e. The highest BCUT2D eigenvalue weighted by Gasteiger charge is 2.18. The van der Waals surface area contributed by atoms with Crippen molar-refractivity contribution in [3.63, 3.8) is 0 Å². The second-order valence-electron chi connectivity index (χ2n) is 7.92. The van der Waals surface area contributed by atoms with Crippen LogP contribution < -0.4 is 5.32 Å². The van der Waals surface area contributed by atoms with E-state index in [1.165, 1.54) is 0 Å².